The van der Waals surface area contributed by atoms with Gasteiger partial charge in [0.2, 0.25) is 0 Å². The van der Waals surface area contributed by atoms with Crippen molar-refractivity contribution in [3.05, 3.63) is 82.8 Å². The number of para-hydroxylation sites is 1. The van der Waals surface area contributed by atoms with E-state index in [2.05, 4.69) is 10.4 Å². The van der Waals surface area contributed by atoms with Gasteiger partial charge in [-0.3, -0.25) is 13.9 Å². The maximum absolute atomic E-state index is 13.0. The van der Waals surface area contributed by atoms with Gasteiger partial charge in [0.1, 0.15) is 5.69 Å². The molecule has 1 aromatic heterocycles. The van der Waals surface area contributed by atoms with Gasteiger partial charge < -0.3 is 5.32 Å². The molecule has 0 saturated carbocycles. The first kappa shape index (κ1) is 21.3. The van der Waals surface area contributed by atoms with E-state index in [-0.39, 0.29) is 16.1 Å². The molecule has 156 valence electrons. The molecule has 9 heteroatoms. The monoisotopic (exact) mass is 426 g/mol. The van der Waals surface area contributed by atoms with Crippen molar-refractivity contribution in [1.82, 2.24) is 9.78 Å². The standard InChI is InChI=1S/C21H22N4O4S/c1-3-14-25-20(26)13-12-19(23-25)21(27)22-16-8-7-11-18(15-16)30(28,29)24(2)17-9-5-4-6-10-17/h4-13,15H,3,14H2,1-2H3,(H,22,27). The number of aryl methyl sites for hydroxylation is 1. The van der Waals surface area contributed by atoms with E-state index in [9.17, 15) is 18.0 Å². The van der Waals surface area contributed by atoms with Crippen molar-refractivity contribution in [2.24, 2.45) is 0 Å². The van der Waals surface area contributed by atoms with Crippen molar-refractivity contribution in [3.63, 3.8) is 0 Å². The number of hydrogen-bond acceptors (Lipinski definition) is 5. The number of anilines is 2. The molecule has 30 heavy (non-hydrogen) atoms. The second kappa shape index (κ2) is 8.91. The average Bonchev–Trinajstić information content (AvgIpc) is 2.75. The lowest BCUT2D eigenvalue weighted by Gasteiger charge is -2.19. The summed E-state index contributed by atoms with van der Waals surface area (Å²) in [6.07, 6.45) is 0.701. The van der Waals surface area contributed by atoms with Gasteiger partial charge in [-0.15, -0.1) is 0 Å². The summed E-state index contributed by atoms with van der Waals surface area (Å²) in [6, 6.07) is 17.3. The lowest BCUT2D eigenvalue weighted by atomic mass is 10.3. The first-order valence-corrected chi connectivity index (χ1v) is 10.8. The molecule has 3 aromatic rings. The molecule has 1 N–H and O–H groups in total. The maximum Gasteiger partial charge on any atom is 0.276 e. The molecule has 0 bridgehead atoms. The Balaban J connectivity index is 1.84. The van der Waals surface area contributed by atoms with Gasteiger partial charge in [-0.25, -0.2) is 13.1 Å². The van der Waals surface area contributed by atoms with E-state index in [1.165, 1.54) is 40.3 Å². The molecule has 3 rings (SSSR count). The van der Waals surface area contributed by atoms with Gasteiger partial charge in [-0.05, 0) is 42.8 Å². The third-order valence-electron chi connectivity index (χ3n) is 4.40. The second-order valence-corrected chi connectivity index (χ2v) is 8.54. The number of benzene rings is 2. The predicted molar refractivity (Wildman–Crippen MR) is 115 cm³/mol. The number of rotatable bonds is 7. The zero-order valence-corrected chi connectivity index (χ0v) is 17.5. The van der Waals surface area contributed by atoms with Crippen LogP contribution in [0.25, 0.3) is 0 Å². The summed E-state index contributed by atoms with van der Waals surface area (Å²) in [5, 5.41) is 6.70. The van der Waals surface area contributed by atoms with E-state index in [0.717, 1.165) is 0 Å². The minimum absolute atomic E-state index is 0.0376. The number of aromatic nitrogens is 2. The van der Waals surface area contributed by atoms with Crippen LogP contribution in [0.1, 0.15) is 23.8 Å². The summed E-state index contributed by atoms with van der Waals surface area (Å²) in [7, 11) is -2.34. The zero-order valence-electron chi connectivity index (χ0n) is 16.6. The summed E-state index contributed by atoms with van der Waals surface area (Å²) in [6.45, 7) is 2.30. The molecule has 0 saturated heterocycles. The lowest BCUT2D eigenvalue weighted by Crippen LogP contribution is -2.27. The van der Waals surface area contributed by atoms with Gasteiger partial charge >= 0.3 is 0 Å². The van der Waals surface area contributed by atoms with Gasteiger partial charge in [0, 0.05) is 25.3 Å². The Morgan fingerprint density at radius 2 is 1.80 bits per heavy atom. The third kappa shape index (κ3) is 4.57. The Hall–Kier alpha value is -3.46. The van der Waals surface area contributed by atoms with E-state index in [4.69, 9.17) is 0 Å². The van der Waals surface area contributed by atoms with Crippen LogP contribution in [0.3, 0.4) is 0 Å². The van der Waals surface area contributed by atoms with Crippen LogP contribution >= 0.6 is 0 Å². The average molecular weight is 426 g/mol. The molecule has 0 fully saturated rings. The fraction of sp³-hybridized carbons (Fsp3) is 0.190. The first-order valence-electron chi connectivity index (χ1n) is 9.36. The van der Waals surface area contributed by atoms with Gasteiger partial charge in [-0.1, -0.05) is 31.2 Å². The first-order chi connectivity index (χ1) is 14.3. The molecule has 0 unspecified atom stereocenters. The van der Waals surface area contributed by atoms with Crippen LogP contribution < -0.4 is 15.2 Å². The van der Waals surface area contributed by atoms with Crippen LogP contribution in [0, 0.1) is 0 Å². The van der Waals surface area contributed by atoms with Gasteiger partial charge in [-0.2, -0.15) is 5.10 Å². The smallest absolute Gasteiger partial charge is 0.276 e. The highest BCUT2D eigenvalue weighted by atomic mass is 32.2. The Bertz CT molecular complexity index is 1210. The van der Waals surface area contributed by atoms with Crippen LogP contribution in [0.4, 0.5) is 11.4 Å². The summed E-state index contributed by atoms with van der Waals surface area (Å²) in [5.41, 5.74) is 0.607. The Morgan fingerprint density at radius 1 is 1.07 bits per heavy atom. The second-order valence-electron chi connectivity index (χ2n) is 6.57. The fourth-order valence-corrected chi connectivity index (χ4v) is 4.05. The molecule has 0 aliphatic carbocycles. The molecule has 0 radical (unpaired) electrons. The van der Waals surface area contributed by atoms with E-state index < -0.39 is 15.9 Å². The quantitative estimate of drug-likeness (QED) is 0.626. The topological polar surface area (TPSA) is 101 Å². The number of sulfonamides is 1. The van der Waals surface area contributed by atoms with Crippen molar-refractivity contribution < 1.29 is 13.2 Å². The van der Waals surface area contributed by atoms with Crippen molar-refractivity contribution in [1.29, 1.82) is 0 Å². The molecule has 1 heterocycles. The van der Waals surface area contributed by atoms with Crippen LogP contribution in [-0.4, -0.2) is 31.2 Å². The highest BCUT2D eigenvalue weighted by Gasteiger charge is 2.22. The lowest BCUT2D eigenvalue weighted by molar-refractivity contribution is 0.101. The predicted octanol–water partition coefficient (Wildman–Crippen LogP) is 2.73. The minimum Gasteiger partial charge on any atom is -0.321 e. The molecule has 0 aliphatic rings. The summed E-state index contributed by atoms with van der Waals surface area (Å²) in [4.78, 5) is 24.4. The van der Waals surface area contributed by atoms with Gasteiger partial charge in [0.25, 0.3) is 21.5 Å². The SMILES string of the molecule is CCCn1nc(C(=O)Nc2cccc(S(=O)(=O)N(C)c3ccccc3)c2)ccc1=O. The molecule has 0 atom stereocenters. The van der Waals surface area contributed by atoms with E-state index in [1.807, 2.05) is 6.92 Å². The molecular weight excluding hydrogens is 404 g/mol. The zero-order chi connectivity index (χ0) is 21.7. The Kier molecular flexibility index (Phi) is 6.31. The highest BCUT2D eigenvalue weighted by Crippen LogP contribution is 2.23. The fourth-order valence-electron chi connectivity index (χ4n) is 2.81. The normalized spacial score (nSPS) is 11.1. The third-order valence-corrected chi connectivity index (χ3v) is 6.19. The summed E-state index contributed by atoms with van der Waals surface area (Å²) in [5.74, 6) is -0.536. The number of nitrogens with zero attached hydrogens (tertiary/aromatic N) is 3. The molecular formula is C21H22N4O4S. The highest BCUT2D eigenvalue weighted by molar-refractivity contribution is 7.92. The molecule has 0 aliphatic heterocycles. The van der Waals surface area contributed by atoms with Crippen molar-refractivity contribution >= 4 is 27.3 Å². The van der Waals surface area contributed by atoms with Crippen molar-refractivity contribution in [2.45, 2.75) is 24.8 Å². The number of nitrogens with one attached hydrogen (secondary N) is 1. The van der Waals surface area contributed by atoms with Crippen LogP contribution in [0.5, 0.6) is 0 Å². The van der Waals surface area contributed by atoms with Gasteiger partial charge in [0.15, 0.2) is 0 Å². The Labute approximate surface area is 174 Å². The van der Waals surface area contributed by atoms with Crippen LogP contribution in [-0.2, 0) is 16.6 Å². The summed E-state index contributed by atoms with van der Waals surface area (Å²) < 4.78 is 28.3. The largest absolute Gasteiger partial charge is 0.321 e. The molecule has 0 spiro atoms. The van der Waals surface area contributed by atoms with Crippen molar-refractivity contribution in [3.8, 4) is 0 Å². The number of amides is 1. The minimum atomic E-state index is -3.81. The Morgan fingerprint density at radius 3 is 2.50 bits per heavy atom. The molecule has 1 amide bonds. The van der Waals surface area contributed by atoms with Crippen LogP contribution in [0.15, 0.2) is 76.4 Å². The molecule has 2 aromatic carbocycles. The van der Waals surface area contributed by atoms with E-state index in [0.29, 0.717) is 24.3 Å². The van der Waals surface area contributed by atoms with E-state index >= 15 is 0 Å². The maximum atomic E-state index is 13.0. The summed E-state index contributed by atoms with van der Waals surface area (Å²) >= 11 is 0. The number of hydrogen-bond donors (Lipinski definition) is 1. The van der Waals surface area contributed by atoms with Crippen LogP contribution in [0.2, 0.25) is 0 Å². The van der Waals surface area contributed by atoms with E-state index in [1.54, 1.807) is 42.5 Å². The van der Waals surface area contributed by atoms with Gasteiger partial charge in [0.05, 0.1) is 10.6 Å². The molecule has 8 nitrogen and oxygen atoms in total. The number of carbonyl (C=O) groups is 1. The van der Waals surface area contributed by atoms with Crippen molar-refractivity contribution in [2.75, 3.05) is 16.7 Å². The number of carbonyl (C=O) groups excluding carboxylic acids is 1.